The van der Waals surface area contributed by atoms with Crippen LogP contribution in [0.4, 0.5) is 0 Å². The van der Waals surface area contributed by atoms with Crippen LogP contribution in [0.2, 0.25) is 0 Å². The van der Waals surface area contributed by atoms with Gasteiger partial charge in [-0.3, -0.25) is 0 Å². The topological polar surface area (TPSA) is 43.6 Å². The first-order chi connectivity index (χ1) is 26.7. The fourth-order valence-electron chi connectivity index (χ4n) is 8.80. The van der Waals surface area contributed by atoms with E-state index in [1.165, 1.54) is 56.9 Å². The van der Waals surface area contributed by atoms with E-state index in [9.17, 15) is 0 Å². The Morgan fingerprint density at radius 2 is 0.927 bits per heavy atom. The van der Waals surface area contributed by atoms with Crippen molar-refractivity contribution in [2.75, 3.05) is 0 Å². The molecule has 0 N–H and O–H groups in total. The summed E-state index contributed by atoms with van der Waals surface area (Å²) in [7, 11) is 0. The highest BCUT2D eigenvalue weighted by Gasteiger charge is 2.38. The lowest BCUT2D eigenvalue weighted by Gasteiger charge is -2.42. The maximum Gasteiger partial charge on any atom is 0.164 e. The van der Waals surface area contributed by atoms with E-state index < -0.39 is 0 Å². The first-order valence-electron chi connectivity index (χ1n) is 19.3. The average molecular weight is 711 g/mol. The van der Waals surface area contributed by atoms with Gasteiger partial charge in [0.1, 0.15) is 0 Å². The molecule has 2 aromatic heterocycles. The highest BCUT2D eigenvalue weighted by atomic mass is 15.0. The molecule has 10 rings (SSSR count). The number of hydrogen-bond donors (Lipinski definition) is 0. The Morgan fingerprint density at radius 3 is 1.64 bits per heavy atom. The second-order valence-corrected chi connectivity index (χ2v) is 16.3. The molecule has 0 saturated carbocycles. The van der Waals surface area contributed by atoms with Crippen LogP contribution in [0.25, 0.3) is 83.6 Å². The van der Waals surface area contributed by atoms with Gasteiger partial charge in [-0.2, -0.15) is 0 Å². The smallest absolute Gasteiger partial charge is 0.164 e. The normalized spacial score (nSPS) is 14.7. The third-order valence-corrected chi connectivity index (χ3v) is 11.9. The zero-order valence-corrected chi connectivity index (χ0v) is 31.7. The van der Waals surface area contributed by atoms with E-state index in [-0.39, 0.29) is 10.8 Å². The average Bonchev–Trinajstić information content (AvgIpc) is 3.56. The number of para-hydroxylation sites is 1. The Morgan fingerprint density at radius 1 is 0.400 bits per heavy atom. The summed E-state index contributed by atoms with van der Waals surface area (Å²) < 4.78 is 2.43. The molecule has 0 spiro atoms. The van der Waals surface area contributed by atoms with Crippen LogP contribution in [0, 0.1) is 0 Å². The van der Waals surface area contributed by atoms with Crippen molar-refractivity contribution >= 4 is 32.6 Å². The molecule has 0 amide bonds. The molecule has 1 aliphatic rings. The Bertz CT molecular complexity index is 2920. The van der Waals surface area contributed by atoms with Crippen LogP contribution in [0.1, 0.15) is 51.7 Å². The minimum Gasteiger partial charge on any atom is -0.309 e. The molecular formula is C51H42N4. The third kappa shape index (κ3) is 5.55. The van der Waals surface area contributed by atoms with Gasteiger partial charge in [0.05, 0.1) is 11.0 Å². The van der Waals surface area contributed by atoms with Crippen LogP contribution < -0.4 is 0 Å². The van der Waals surface area contributed by atoms with Crippen LogP contribution in [0.5, 0.6) is 0 Å². The molecule has 0 saturated heterocycles. The summed E-state index contributed by atoms with van der Waals surface area (Å²) >= 11 is 0. The maximum atomic E-state index is 5.26. The molecule has 55 heavy (non-hydrogen) atoms. The van der Waals surface area contributed by atoms with Gasteiger partial charge in [-0.25, -0.2) is 15.0 Å². The Hall–Kier alpha value is -6.39. The molecule has 4 nitrogen and oxygen atoms in total. The molecule has 0 atom stereocenters. The molecule has 0 aliphatic heterocycles. The van der Waals surface area contributed by atoms with Gasteiger partial charge >= 0.3 is 0 Å². The lowest BCUT2D eigenvalue weighted by atomic mass is 9.63. The highest BCUT2D eigenvalue weighted by molar-refractivity contribution is 6.10. The molecular weight excluding hydrogens is 669 g/mol. The van der Waals surface area contributed by atoms with E-state index in [1.807, 2.05) is 18.2 Å². The van der Waals surface area contributed by atoms with Crippen LogP contribution >= 0.6 is 0 Å². The van der Waals surface area contributed by atoms with Crippen molar-refractivity contribution < 1.29 is 0 Å². The van der Waals surface area contributed by atoms with Gasteiger partial charge in [-0.1, -0.05) is 149 Å². The summed E-state index contributed by atoms with van der Waals surface area (Å²) in [6, 6.07) is 56.2. The van der Waals surface area contributed by atoms with Crippen molar-refractivity contribution in [3.63, 3.8) is 0 Å². The SMILES string of the molecule is CC1(C)CCC(C)(C)c2cc3c(cc21)c1ccccc1n3-c1cccc(-c2nc(-c3ccccc3)nc(-c3ccc(-c4ccccc4)c4ccccc34)n2)c1. The fraction of sp³-hybridized carbons (Fsp3) is 0.157. The van der Waals surface area contributed by atoms with Crippen LogP contribution in [0.3, 0.4) is 0 Å². The van der Waals surface area contributed by atoms with E-state index in [0.717, 1.165) is 33.2 Å². The largest absolute Gasteiger partial charge is 0.309 e. The standard InChI is InChI=1S/C51H42N4/c1-50(2)28-29-51(3,4)44-32-46-42(31-43(44)50)40-24-13-14-25-45(40)55(46)36-21-15-20-35(30-36)48-52-47(34-18-9-6-10-19-34)53-49(54-48)41-27-26-37(33-16-7-5-8-17-33)38-22-11-12-23-39(38)41/h5-27,30-32H,28-29H2,1-4H3. The summed E-state index contributed by atoms with van der Waals surface area (Å²) in [5, 5.41) is 4.83. The predicted octanol–water partition coefficient (Wildman–Crippen LogP) is 13.1. The number of aromatic nitrogens is 4. The van der Waals surface area contributed by atoms with Gasteiger partial charge in [-0.15, -0.1) is 0 Å². The second kappa shape index (κ2) is 12.6. The lowest BCUT2D eigenvalue weighted by molar-refractivity contribution is 0.332. The molecule has 7 aromatic carbocycles. The predicted molar refractivity (Wildman–Crippen MR) is 229 cm³/mol. The molecule has 0 radical (unpaired) electrons. The summed E-state index contributed by atoms with van der Waals surface area (Å²) in [4.78, 5) is 15.6. The summed E-state index contributed by atoms with van der Waals surface area (Å²) in [5.41, 5.74) is 11.9. The number of benzene rings is 7. The molecule has 1 aliphatic carbocycles. The van der Waals surface area contributed by atoms with Crippen molar-refractivity contribution in [1.82, 2.24) is 19.5 Å². The quantitative estimate of drug-likeness (QED) is 0.179. The Labute approximate surface area is 322 Å². The van der Waals surface area contributed by atoms with Gasteiger partial charge in [0, 0.05) is 33.2 Å². The van der Waals surface area contributed by atoms with Crippen LogP contribution in [-0.2, 0) is 10.8 Å². The van der Waals surface area contributed by atoms with Crippen molar-refractivity contribution in [2.45, 2.75) is 51.4 Å². The van der Waals surface area contributed by atoms with Crippen molar-refractivity contribution in [2.24, 2.45) is 0 Å². The number of rotatable bonds is 5. The van der Waals surface area contributed by atoms with Crippen molar-refractivity contribution in [3.05, 3.63) is 169 Å². The van der Waals surface area contributed by atoms with Gasteiger partial charge in [0.2, 0.25) is 0 Å². The molecule has 266 valence electrons. The van der Waals surface area contributed by atoms with E-state index in [4.69, 9.17) is 15.0 Å². The second-order valence-electron chi connectivity index (χ2n) is 16.3. The van der Waals surface area contributed by atoms with Gasteiger partial charge in [0.15, 0.2) is 17.5 Å². The zero-order chi connectivity index (χ0) is 37.3. The van der Waals surface area contributed by atoms with Gasteiger partial charge in [-0.05, 0) is 93.1 Å². The molecule has 0 unspecified atom stereocenters. The van der Waals surface area contributed by atoms with Crippen molar-refractivity contribution in [1.29, 1.82) is 0 Å². The summed E-state index contributed by atoms with van der Waals surface area (Å²) in [6.45, 7) is 9.62. The van der Waals surface area contributed by atoms with Crippen LogP contribution in [0.15, 0.2) is 158 Å². The van der Waals surface area contributed by atoms with E-state index in [1.54, 1.807) is 0 Å². The zero-order valence-electron chi connectivity index (χ0n) is 31.7. The van der Waals surface area contributed by atoms with E-state index in [0.29, 0.717) is 17.5 Å². The molecule has 0 fully saturated rings. The number of fused-ring (bicyclic) bond motifs is 5. The van der Waals surface area contributed by atoms with E-state index in [2.05, 4.69) is 172 Å². The monoisotopic (exact) mass is 710 g/mol. The molecule has 9 aromatic rings. The van der Waals surface area contributed by atoms with Crippen molar-refractivity contribution in [3.8, 4) is 51.0 Å². The van der Waals surface area contributed by atoms with E-state index >= 15 is 0 Å². The Kier molecular flexibility index (Phi) is 7.60. The first-order valence-corrected chi connectivity index (χ1v) is 19.3. The minimum absolute atomic E-state index is 0.0980. The molecule has 0 bridgehead atoms. The first kappa shape index (κ1) is 33.2. The summed E-state index contributed by atoms with van der Waals surface area (Å²) in [5.74, 6) is 1.94. The highest BCUT2D eigenvalue weighted by Crippen LogP contribution is 2.48. The summed E-state index contributed by atoms with van der Waals surface area (Å²) in [6.07, 6.45) is 2.36. The fourth-order valence-corrected chi connectivity index (χ4v) is 8.80. The number of hydrogen-bond acceptors (Lipinski definition) is 3. The maximum absolute atomic E-state index is 5.26. The number of nitrogens with zero attached hydrogens (tertiary/aromatic N) is 4. The molecule has 4 heteroatoms. The van der Waals surface area contributed by atoms with Crippen LogP contribution in [-0.4, -0.2) is 19.5 Å². The Balaban J connectivity index is 1.18. The third-order valence-electron chi connectivity index (χ3n) is 11.9. The molecule has 2 heterocycles. The minimum atomic E-state index is 0.0980. The lowest BCUT2D eigenvalue weighted by Crippen LogP contribution is -2.33. The van der Waals surface area contributed by atoms with Gasteiger partial charge in [0.25, 0.3) is 0 Å². The van der Waals surface area contributed by atoms with Gasteiger partial charge < -0.3 is 4.57 Å².